The van der Waals surface area contributed by atoms with Gasteiger partial charge in [0, 0.05) is 13.1 Å². The number of aliphatic hydroxyl groups is 1. The number of carbonyl (C=O) groups is 1. The van der Waals surface area contributed by atoms with E-state index in [0.29, 0.717) is 19.5 Å². The zero-order valence-corrected chi connectivity index (χ0v) is 14.5. The van der Waals surface area contributed by atoms with Crippen LogP contribution in [0.5, 0.6) is 0 Å². The molecular weight excluding hydrogens is 317 g/mol. The fraction of sp³-hybridized carbons (Fsp3) is 0.381. The maximum absolute atomic E-state index is 13.0. The average Bonchev–Trinajstić information content (AvgIpc) is 2.64. The predicted octanol–water partition coefficient (Wildman–Crippen LogP) is 3.65. The van der Waals surface area contributed by atoms with Gasteiger partial charge in [-0.25, -0.2) is 4.39 Å². The monoisotopic (exact) mass is 341 g/mol. The molecular formula is C21H24FNO2. The molecule has 1 amide bonds. The smallest absolute Gasteiger partial charge is 0.226 e. The molecule has 1 heterocycles. The van der Waals surface area contributed by atoms with Crippen LogP contribution in [0.25, 0.3) is 0 Å². The van der Waals surface area contributed by atoms with Gasteiger partial charge in [0.25, 0.3) is 0 Å². The average molecular weight is 341 g/mol. The molecule has 0 saturated carbocycles. The second-order valence-electron chi connectivity index (χ2n) is 6.88. The van der Waals surface area contributed by atoms with Crippen LogP contribution in [0.15, 0.2) is 48.5 Å². The van der Waals surface area contributed by atoms with Gasteiger partial charge in [0.1, 0.15) is 5.82 Å². The van der Waals surface area contributed by atoms with Gasteiger partial charge < -0.3 is 10.0 Å². The van der Waals surface area contributed by atoms with E-state index in [1.165, 1.54) is 17.7 Å². The normalized spacial score (nSPS) is 16.7. The Bertz CT molecular complexity index is 704. The molecule has 0 bridgehead atoms. The van der Waals surface area contributed by atoms with Crippen molar-refractivity contribution in [2.75, 3.05) is 13.1 Å². The van der Waals surface area contributed by atoms with Gasteiger partial charge in [-0.15, -0.1) is 0 Å². The van der Waals surface area contributed by atoms with E-state index in [9.17, 15) is 14.3 Å². The Balaban J connectivity index is 1.53. The van der Waals surface area contributed by atoms with Gasteiger partial charge in [0.15, 0.2) is 0 Å². The van der Waals surface area contributed by atoms with Gasteiger partial charge >= 0.3 is 0 Å². The second kappa shape index (κ2) is 7.79. The fourth-order valence-corrected chi connectivity index (χ4v) is 3.39. The van der Waals surface area contributed by atoms with Crippen molar-refractivity contribution in [3.8, 4) is 0 Å². The highest BCUT2D eigenvalue weighted by Crippen LogP contribution is 2.31. The van der Waals surface area contributed by atoms with Crippen LogP contribution in [0.4, 0.5) is 4.39 Å². The summed E-state index contributed by atoms with van der Waals surface area (Å²) in [6, 6.07) is 14.1. The number of hydrogen-bond donors (Lipinski definition) is 1. The molecule has 2 aromatic carbocycles. The number of halogens is 1. The highest BCUT2D eigenvalue weighted by Gasteiger charge is 2.28. The lowest BCUT2D eigenvalue weighted by Crippen LogP contribution is -2.40. The van der Waals surface area contributed by atoms with Crippen molar-refractivity contribution >= 4 is 5.91 Å². The van der Waals surface area contributed by atoms with Crippen molar-refractivity contribution in [1.29, 1.82) is 0 Å². The molecule has 3 nitrogen and oxygen atoms in total. The van der Waals surface area contributed by atoms with Gasteiger partial charge in [-0.1, -0.05) is 42.0 Å². The van der Waals surface area contributed by atoms with E-state index >= 15 is 0 Å². The van der Waals surface area contributed by atoms with Gasteiger partial charge in [0.05, 0.1) is 12.5 Å². The minimum atomic E-state index is -0.602. The maximum Gasteiger partial charge on any atom is 0.226 e. The van der Waals surface area contributed by atoms with Gasteiger partial charge in [-0.3, -0.25) is 4.79 Å². The number of likely N-dealkylation sites (tertiary alicyclic amines) is 1. The first-order chi connectivity index (χ1) is 12.0. The highest BCUT2D eigenvalue weighted by atomic mass is 19.1. The third-order valence-corrected chi connectivity index (χ3v) is 5.03. The summed E-state index contributed by atoms with van der Waals surface area (Å²) >= 11 is 0. The molecule has 4 heteroatoms. The van der Waals surface area contributed by atoms with E-state index in [1.807, 2.05) is 36.1 Å². The van der Waals surface area contributed by atoms with E-state index in [4.69, 9.17) is 0 Å². The molecule has 1 atom stereocenters. The number of hydrogen-bond acceptors (Lipinski definition) is 2. The number of benzene rings is 2. The Morgan fingerprint density at radius 2 is 1.72 bits per heavy atom. The van der Waals surface area contributed by atoms with Crippen LogP contribution in [0.2, 0.25) is 0 Å². The molecule has 0 radical (unpaired) electrons. The lowest BCUT2D eigenvalue weighted by molar-refractivity contribution is -0.132. The molecule has 0 aliphatic carbocycles. The van der Waals surface area contributed by atoms with Gasteiger partial charge in [-0.2, -0.15) is 0 Å². The second-order valence-corrected chi connectivity index (χ2v) is 6.88. The molecule has 3 rings (SSSR count). The summed E-state index contributed by atoms with van der Waals surface area (Å²) in [4.78, 5) is 14.3. The molecule has 1 saturated heterocycles. The van der Waals surface area contributed by atoms with E-state index < -0.39 is 6.10 Å². The number of rotatable bonds is 4. The zero-order valence-electron chi connectivity index (χ0n) is 14.5. The van der Waals surface area contributed by atoms with Crippen molar-refractivity contribution in [3.63, 3.8) is 0 Å². The topological polar surface area (TPSA) is 40.5 Å². The summed E-state index contributed by atoms with van der Waals surface area (Å²) in [6.45, 7) is 3.35. The summed E-state index contributed by atoms with van der Waals surface area (Å²) in [7, 11) is 0. The van der Waals surface area contributed by atoms with Crippen LogP contribution in [-0.4, -0.2) is 29.0 Å². The third kappa shape index (κ3) is 4.45. The van der Waals surface area contributed by atoms with Crippen molar-refractivity contribution < 1.29 is 14.3 Å². The largest absolute Gasteiger partial charge is 0.388 e. The summed E-state index contributed by atoms with van der Waals surface area (Å²) in [5.41, 5.74) is 2.96. The van der Waals surface area contributed by atoms with E-state index in [0.717, 1.165) is 24.0 Å². The van der Waals surface area contributed by atoms with Crippen LogP contribution in [-0.2, 0) is 11.2 Å². The first-order valence-electron chi connectivity index (χ1n) is 8.80. The van der Waals surface area contributed by atoms with Crippen LogP contribution in [0.3, 0.4) is 0 Å². The van der Waals surface area contributed by atoms with Crippen LogP contribution in [0.1, 0.15) is 35.6 Å². The molecule has 0 aromatic heterocycles. The van der Waals surface area contributed by atoms with E-state index in [2.05, 4.69) is 0 Å². The third-order valence-electron chi connectivity index (χ3n) is 5.03. The van der Waals surface area contributed by atoms with Crippen LogP contribution in [0, 0.1) is 18.7 Å². The number of nitrogens with zero attached hydrogens (tertiary/aromatic N) is 1. The van der Waals surface area contributed by atoms with Gasteiger partial charge in [-0.05, 0) is 48.9 Å². The van der Waals surface area contributed by atoms with Crippen molar-refractivity contribution in [2.24, 2.45) is 5.92 Å². The Kier molecular flexibility index (Phi) is 5.49. The summed E-state index contributed by atoms with van der Waals surface area (Å²) in [6.07, 6.45) is 1.34. The Morgan fingerprint density at radius 1 is 1.12 bits per heavy atom. The fourth-order valence-electron chi connectivity index (χ4n) is 3.39. The van der Waals surface area contributed by atoms with Crippen LogP contribution < -0.4 is 0 Å². The summed E-state index contributed by atoms with van der Waals surface area (Å²) < 4.78 is 13.0. The number of piperidine rings is 1. The van der Waals surface area contributed by atoms with Crippen molar-refractivity contribution in [3.05, 3.63) is 71.0 Å². The van der Waals surface area contributed by atoms with Crippen molar-refractivity contribution in [1.82, 2.24) is 4.90 Å². The highest BCUT2D eigenvalue weighted by molar-refractivity contribution is 5.78. The minimum absolute atomic E-state index is 0.105. The van der Waals surface area contributed by atoms with E-state index in [1.54, 1.807) is 12.1 Å². The predicted molar refractivity (Wildman–Crippen MR) is 95.5 cm³/mol. The van der Waals surface area contributed by atoms with Crippen molar-refractivity contribution in [2.45, 2.75) is 32.3 Å². The minimum Gasteiger partial charge on any atom is -0.388 e. The molecule has 1 aliphatic heterocycles. The van der Waals surface area contributed by atoms with Crippen LogP contribution >= 0.6 is 0 Å². The maximum atomic E-state index is 13.0. The first kappa shape index (κ1) is 17.6. The Morgan fingerprint density at radius 3 is 2.32 bits per heavy atom. The van der Waals surface area contributed by atoms with E-state index in [-0.39, 0.29) is 17.6 Å². The Labute approximate surface area is 148 Å². The molecule has 25 heavy (non-hydrogen) atoms. The molecule has 2 aromatic rings. The molecule has 1 fully saturated rings. The molecule has 132 valence electrons. The molecule has 0 spiro atoms. The summed E-state index contributed by atoms with van der Waals surface area (Å²) in [5, 5.41) is 10.5. The Hall–Kier alpha value is -2.20. The number of amides is 1. The lowest BCUT2D eigenvalue weighted by Gasteiger charge is -2.34. The first-order valence-corrected chi connectivity index (χ1v) is 8.80. The number of carbonyl (C=O) groups excluding carboxylic acids is 1. The molecule has 1 N–H and O–H groups in total. The zero-order chi connectivity index (χ0) is 17.8. The SMILES string of the molecule is Cc1ccc(CC(=O)N2CCC(C(O)c3ccc(F)cc3)CC2)cc1. The quantitative estimate of drug-likeness (QED) is 0.922. The number of aryl methyl sites for hydroxylation is 1. The molecule has 1 unspecified atom stereocenters. The summed E-state index contributed by atoms with van der Waals surface area (Å²) in [5.74, 6) is -0.0556. The van der Waals surface area contributed by atoms with Gasteiger partial charge in [0.2, 0.25) is 5.91 Å². The number of aliphatic hydroxyl groups excluding tert-OH is 1. The standard InChI is InChI=1S/C21H24FNO2/c1-15-2-4-16(5-3-15)14-20(24)23-12-10-18(11-13-23)21(25)17-6-8-19(22)9-7-17/h2-9,18,21,25H,10-14H2,1H3. The molecule has 1 aliphatic rings. The lowest BCUT2D eigenvalue weighted by atomic mass is 9.87.